The van der Waals surface area contributed by atoms with E-state index in [2.05, 4.69) is 57.2 Å². The van der Waals surface area contributed by atoms with Crippen molar-refractivity contribution in [2.24, 2.45) is 5.92 Å². The van der Waals surface area contributed by atoms with Crippen LogP contribution >= 0.6 is 0 Å². The van der Waals surface area contributed by atoms with Gasteiger partial charge in [-0.25, -0.2) is 0 Å². The maximum atomic E-state index is 5.42. The SMILES string of the molecule is COc1ccccc1C(C)NCC(C(C)C)N(C)C. The van der Waals surface area contributed by atoms with E-state index in [-0.39, 0.29) is 6.04 Å². The van der Waals surface area contributed by atoms with Gasteiger partial charge in [0.25, 0.3) is 0 Å². The third-order valence-electron chi connectivity index (χ3n) is 3.67. The molecule has 19 heavy (non-hydrogen) atoms. The zero-order valence-corrected chi connectivity index (χ0v) is 13.1. The molecule has 1 N–H and O–H groups in total. The summed E-state index contributed by atoms with van der Waals surface area (Å²) in [7, 11) is 6.00. The fourth-order valence-electron chi connectivity index (χ4n) is 2.45. The van der Waals surface area contributed by atoms with E-state index in [1.807, 2.05) is 12.1 Å². The fourth-order valence-corrected chi connectivity index (χ4v) is 2.45. The van der Waals surface area contributed by atoms with Crippen LogP contribution in [0.15, 0.2) is 24.3 Å². The largest absolute Gasteiger partial charge is 0.496 e. The van der Waals surface area contributed by atoms with E-state index in [0.29, 0.717) is 12.0 Å². The van der Waals surface area contributed by atoms with Crippen molar-refractivity contribution in [2.45, 2.75) is 32.9 Å². The van der Waals surface area contributed by atoms with E-state index in [9.17, 15) is 0 Å². The Morgan fingerprint density at radius 3 is 2.32 bits per heavy atom. The van der Waals surface area contributed by atoms with Crippen molar-refractivity contribution in [3.8, 4) is 5.75 Å². The molecule has 0 radical (unpaired) electrons. The molecule has 0 aliphatic heterocycles. The summed E-state index contributed by atoms with van der Waals surface area (Å²) in [6, 6.07) is 9.03. The van der Waals surface area contributed by atoms with Crippen LogP contribution in [0.3, 0.4) is 0 Å². The number of ether oxygens (including phenoxy) is 1. The lowest BCUT2D eigenvalue weighted by molar-refractivity contribution is 0.219. The molecule has 3 nitrogen and oxygen atoms in total. The van der Waals surface area contributed by atoms with Crippen LogP contribution in [0.5, 0.6) is 5.75 Å². The molecular weight excluding hydrogens is 236 g/mol. The molecule has 1 aromatic carbocycles. The number of rotatable bonds is 7. The lowest BCUT2D eigenvalue weighted by Gasteiger charge is -2.30. The van der Waals surface area contributed by atoms with E-state index in [1.165, 1.54) is 5.56 Å². The zero-order valence-electron chi connectivity index (χ0n) is 13.1. The molecule has 0 saturated heterocycles. The number of nitrogens with one attached hydrogen (secondary N) is 1. The highest BCUT2D eigenvalue weighted by atomic mass is 16.5. The number of hydrogen-bond donors (Lipinski definition) is 1. The van der Waals surface area contributed by atoms with Gasteiger partial charge < -0.3 is 15.0 Å². The van der Waals surface area contributed by atoms with E-state index < -0.39 is 0 Å². The summed E-state index contributed by atoms with van der Waals surface area (Å²) in [4.78, 5) is 2.28. The van der Waals surface area contributed by atoms with Crippen LogP contribution in [-0.2, 0) is 0 Å². The second kappa shape index (κ2) is 7.51. The summed E-state index contributed by atoms with van der Waals surface area (Å²) in [5.41, 5.74) is 1.21. The predicted octanol–water partition coefficient (Wildman–Crippen LogP) is 2.93. The highest BCUT2D eigenvalue weighted by Gasteiger charge is 2.17. The van der Waals surface area contributed by atoms with Crippen LogP contribution < -0.4 is 10.1 Å². The molecule has 0 bridgehead atoms. The van der Waals surface area contributed by atoms with Crippen molar-refractivity contribution >= 4 is 0 Å². The Balaban J connectivity index is 2.66. The monoisotopic (exact) mass is 264 g/mol. The predicted molar refractivity (Wildman–Crippen MR) is 81.7 cm³/mol. The first-order valence-corrected chi connectivity index (χ1v) is 7.00. The number of nitrogens with zero attached hydrogens (tertiary/aromatic N) is 1. The lowest BCUT2D eigenvalue weighted by Crippen LogP contribution is -2.42. The summed E-state index contributed by atoms with van der Waals surface area (Å²) in [6.07, 6.45) is 0. The number of hydrogen-bond acceptors (Lipinski definition) is 3. The first-order chi connectivity index (χ1) is 8.97. The smallest absolute Gasteiger partial charge is 0.123 e. The molecule has 2 unspecified atom stereocenters. The summed E-state index contributed by atoms with van der Waals surface area (Å²) in [6.45, 7) is 7.69. The van der Waals surface area contributed by atoms with E-state index in [4.69, 9.17) is 4.74 Å². The Hall–Kier alpha value is -1.06. The maximum Gasteiger partial charge on any atom is 0.123 e. The second-order valence-electron chi connectivity index (χ2n) is 5.65. The van der Waals surface area contributed by atoms with Crippen molar-refractivity contribution in [3.05, 3.63) is 29.8 Å². The third-order valence-corrected chi connectivity index (χ3v) is 3.67. The quantitative estimate of drug-likeness (QED) is 0.819. The van der Waals surface area contributed by atoms with Crippen LogP contribution in [0, 0.1) is 5.92 Å². The van der Waals surface area contributed by atoms with Crippen LogP contribution in [0.1, 0.15) is 32.4 Å². The average Bonchev–Trinajstić information content (AvgIpc) is 2.37. The van der Waals surface area contributed by atoms with Gasteiger partial charge in [0.05, 0.1) is 7.11 Å². The van der Waals surface area contributed by atoms with E-state index in [1.54, 1.807) is 7.11 Å². The van der Waals surface area contributed by atoms with Gasteiger partial charge >= 0.3 is 0 Å². The number of para-hydroxylation sites is 1. The summed E-state index contributed by atoms with van der Waals surface area (Å²) in [5, 5.41) is 3.61. The fraction of sp³-hybridized carbons (Fsp3) is 0.625. The minimum Gasteiger partial charge on any atom is -0.496 e. The summed E-state index contributed by atoms with van der Waals surface area (Å²) < 4.78 is 5.42. The lowest BCUT2D eigenvalue weighted by atomic mass is 10.0. The van der Waals surface area contributed by atoms with Gasteiger partial charge in [0, 0.05) is 24.2 Å². The van der Waals surface area contributed by atoms with Gasteiger partial charge in [-0.05, 0) is 33.0 Å². The van der Waals surface area contributed by atoms with Crippen molar-refractivity contribution in [1.29, 1.82) is 0 Å². The maximum absolute atomic E-state index is 5.42. The van der Waals surface area contributed by atoms with Crippen molar-refractivity contribution in [1.82, 2.24) is 10.2 Å². The Labute approximate surface area is 118 Å². The van der Waals surface area contributed by atoms with Gasteiger partial charge in [-0.2, -0.15) is 0 Å². The second-order valence-corrected chi connectivity index (χ2v) is 5.65. The number of methoxy groups -OCH3 is 1. The van der Waals surface area contributed by atoms with Gasteiger partial charge in [0.2, 0.25) is 0 Å². The normalized spacial score (nSPS) is 14.7. The molecule has 0 heterocycles. The molecule has 0 amide bonds. The Bertz CT molecular complexity index is 369. The highest BCUT2D eigenvalue weighted by molar-refractivity contribution is 5.35. The number of likely N-dealkylation sites (N-methyl/N-ethyl adjacent to an activating group) is 1. The first kappa shape index (κ1) is 16.0. The molecule has 3 heteroatoms. The molecule has 0 aliphatic carbocycles. The molecular formula is C16H28N2O. The van der Waals surface area contributed by atoms with Gasteiger partial charge in [-0.15, -0.1) is 0 Å². The van der Waals surface area contributed by atoms with E-state index in [0.717, 1.165) is 12.3 Å². The van der Waals surface area contributed by atoms with Gasteiger partial charge in [0.1, 0.15) is 5.75 Å². The van der Waals surface area contributed by atoms with Crippen molar-refractivity contribution in [3.63, 3.8) is 0 Å². The third kappa shape index (κ3) is 4.51. The molecule has 0 aromatic heterocycles. The molecule has 2 atom stereocenters. The number of benzene rings is 1. The van der Waals surface area contributed by atoms with Gasteiger partial charge in [-0.3, -0.25) is 0 Å². The van der Waals surface area contributed by atoms with Crippen LogP contribution in [0.4, 0.5) is 0 Å². The molecule has 0 fully saturated rings. The van der Waals surface area contributed by atoms with Crippen molar-refractivity contribution in [2.75, 3.05) is 27.7 Å². The highest BCUT2D eigenvalue weighted by Crippen LogP contribution is 2.24. The molecule has 0 aliphatic rings. The Morgan fingerprint density at radius 1 is 1.16 bits per heavy atom. The average molecular weight is 264 g/mol. The Morgan fingerprint density at radius 2 is 1.79 bits per heavy atom. The molecule has 1 aromatic rings. The van der Waals surface area contributed by atoms with Crippen LogP contribution in [0.25, 0.3) is 0 Å². The van der Waals surface area contributed by atoms with Gasteiger partial charge in [-0.1, -0.05) is 32.0 Å². The molecule has 108 valence electrons. The Kier molecular flexibility index (Phi) is 6.32. The van der Waals surface area contributed by atoms with Gasteiger partial charge in [0.15, 0.2) is 0 Å². The topological polar surface area (TPSA) is 24.5 Å². The van der Waals surface area contributed by atoms with Crippen LogP contribution in [0.2, 0.25) is 0 Å². The molecule has 1 rings (SSSR count). The summed E-state index contributed by atoms with van der Waals surface area (Å²) >= 11 is 0. The first-order valence-electron chi connectivity index (χ1n) is 7.00. The molecule has 0 spiro atoms. The standard InChI is InChI=1S/C16H28N2O/c1-12(2)15(18(4)5)11-17-13(3)14-9-7-8-10-16(14)19-6/h7-10,12-13,15,17H,11H2,1-6H3. The summed E-state index contributed by atoms with van der Waals surface area (Å²) in [5.74, 6) is 1.58. The van der Waals surface area contributed by atoms with E-state index >= 15 is 0 Å². The van der Waals surface area contributed by atoms with Crippen molar-refractivity contribution < 1.29 is 4.74 Å². The minimum absolute atomic E-state index is 0.289. The zero-order chi connectivity index (χ0) is 14.4. The van der Waals surface area contributed by atoms with Crippen LogP contribution in [-0.4, -0.2) is 38.7 Å². The molecule has 0 saturated carbocycles. The minimum atomic E-state index is 0.289.